The Balaban J connectivity index is 1.78. The number of hydrogen-bond acceptors (Lipinski definition) is 13. The number of nitrogens with one attached hydrogen (secondary N) is 1. The number of benzene rings is 1. The molecule has 3 rings (SSSR count). The highest BCUT2D eigenvalue weighted by molar-refractivity contribution is 7.84. The van der Waals surface area contributed by atoms with Crippen LogP contribution in [0.15, 0.2) is 34.8 Å². The molecule has 0 radical (unpaired) electrons. The molecule has 2 amide bonds. The minimum atomic E-state index is -5.18. The Labute approximate surface area is 200 Å². The lowest BCUT2D eigenvalue weighted by Crippen LogP contribution is -2.74. The van der Waals surface area contributed by atoms with Gasteiger partial charge in [0, 0.05) is 17.5 Å². The summed E-state index contributed by atoms with van der Waals surface area (Å²) in [5.41, 5.74) is 5.21. The number of oxime groups is 1. The number of aromatic nitrogens is 1. The van der Waals surface area contributed by atoms with Crippen LogP contribution in [0.1, 0.15) is 11.3 Å². The molecular formula is C17H16N6O10S2. The number of rotatable bonds is 9. The summed E-state index contributed by atoms with van der Waals surface area (Å²) in [4.78, 5) is 56.2. The zero-order valence-corrected chi connectivity index (χ0v) is 19.2. The fourth-order valence-electron chi connectivity index (χ4n) is 2.95. The maximum Gasteiger partial charge on any atom is 0.363 e. The zero-order valence-electron chi connectivity index (χ0n) is 17.6. The first-order valence-corrected chi connectivity index (χ1v) is 11.6. The molecule has 1 fully saturated rings. The number of esters is 1. The molecule has 1 saturated heterocycles. The van der Waals surface area contributed by atoms with E-state index in [1.165, 1.54) is 17.5 Å². The summed E-state index contributed by atoms with van der Waals surface area (Å²) in [6.45, 7) is -0.448. The van der Waals surface area contributed by atoms with Gasteiger partial charge in [0.15, 0.2) is 16.9 Å². The fraction of sp³-hybridized carbons (Fsp3) is 0.235. The molecule has 0 unspecified atom stereocenters. The van der Waals surface area contributed by atoms with Crippen molar-refractivity contribution < 1.29 is 41.9 Å². The van der Waals surface area contributed by atoms with Gasteiger partial charge in [0.25, 0.3) is 17.5 Å². The van der Waals surface area contributed by atoms with Gasteiger partial charge in [0.05, 0.1) is 4.92 Å². The SMILES string of the molecule is CON=C(C(=O)N[C@@H]1C(=O)N(S(=O)(=O)O)[C@@H]1C(=O)OCc1ccc([N+](=O)[O-])cc1)c1csc(N)n1. The van der Waals surface area contributed by atoms with Gasteiger partial charge in [0.2, 0.25) is 0 Å². The first kappa shape index (κ1) is 25.5. The molecule has 2 atom stereocenters. The molecule has 1 aromatic carbocycles. The van der Waals surface area contributed by atoms with Gasteiger partial charge in [-0.25, -0.2) is 9.78 Å². The zero-order chi connectivity index (χ0) is 25.9. The fourth-order valence-corrected chi connectivity index (χ4v) is 4.33. The number of hydrogen-bond donors (Lipinski definition) is 3. The molecule has 186 valence electrons. The second-order valence-corrected chi connectivity index (χ2v) is 8.91. The molecule has 0 spiro atoms. The lowest BCUT2D eigenvalue weighted by molar-refractivity contribution is -0.384. The molecule has 2 aromatic rings. The van der Waals surface area contributed by atoms with Gasteiger partial charge in [-0.3, -0.25) is 24.3 Å². The number of anilines is 1. The minimum Gasteiger partial charge on any atom is -0.459 e. The number of nitro benzene ring substituents is 1. The van der Waals surface area contributed by atoms with Crippen LogP contribution >= 0.6 is 11.3 Å². The highest BCUT2D eigenvalue weighted by atomic mass is 32.2. The van der Waals surface area contributed by atoms with Crippen LogP contribution in [-0.4, -0.2) is 69.9 Å². The number of thiazole rings is 1. The Morgan fingerprint density at radius 1 is 1.37 bits per heavy atom. The van der Waals surface area contributed by atoms with Crippen molar-refractivity contribution in [3.8, 4) is 0 Å². The number of amides is 2. The second-order valence-electron chi connectivity index (χ2n) is 6.73. The normalized spacial score (nSPS) is 17.9. The minimum absolute atomic E-state index is 0.0115. The molecule has 16 nitrogen and oxygen atoms in total. The van der Waals surface area contributed by atoms with E-state index in [0.29, 0.717) is 5.56 Å². The van der Waals surface area contributed by atoms with Crippen molar-refractivity contribution in [2.75, 3.05) is 12.8 Å². The molecule has 0 aliphatic carbocycles. The van der Waals surface area contributed by atoms with Gasteiger partial charge in [0.1, 0.15) is 25.5 Å². The number of ether oxygens (including phenoxy) is 1. The van der Waals surface area contributed by atoms with Crippen molar-refractivity contribution in [2.24, 2.45) is 5.16 Å². The standard InChI is InChI=1S/C17H16N6O10S2/c1-32-21-11(10-7-34-17(18)19-10)14(24)20-12-13(22(15(12)25)35(29,30)31)16(26)33-6-8-2-4-9(5-3-8)23(27)28/h2-5,7,12-13H,6H2,1H3,(H2,18,19)(H,20,24)(H,29,30,31)/t12-,13-/m0/s1. The van der Waals surface area contributed by atoms with Crippen LogP contribution in [0.4, 0.5) is 10.8 Å². The third kappa shape index (κ3) is 5.50. The average molecular weight is 528 g/mol. The number of carbonyl (C=O) groups excluding carboxylic acids is 3. The summed E-state index contributed by atoms with van der Waals surface area (Å²) in [6, 6.07) is 1.22. The van der Waals surface area contributed by atoms with Crippen LogP contribution in [-0.2, 0) is 40.9 Å². The van der Waals surface area contributed by atoms with Crippen molar-refractivity contribution in [3.05, 3.63) is 51.0 Å². The largest absolute Gasteiger partial charge is 0.459 e. The molecule has 1 aliphatic heterocycles. The molecule has 35 heavy (non-hydrogen) atoms. The second kappa shape index (κ2) is 9.99. The Hall–Kier alpha value is -4.16. The highest BCUT2D eigenvalue weighted by Gasteiger charge is 2.59. The number of nitrogen functional groups attached to an aromatic ring is 1. The van der Waals surface area contributed by atoms with Crippen molar-refractivity contribution in [3.63, 3.8) is 0 Å². The Bertz CT molecular complexity index is 1310. The van der Waals surface area contributed by atoms with E-state index in [-0.39, 0.29) is 20.8 Å². The van der Waals surface area contributed by atoms with E-state index in [1.54, 1.807) is 0 Å². The summed E-state index contributed by atoms with van der Waals surface area (Å²) in [6.07, 6.45) is 0. The molecule has 0 saturated carbocycles. The topological polar surface area (TPSA) is 234 Å². The van der Waals surface area contributed by atoms with Gasteiger partial charge in [-0.1, -0.05) is 5.16 Å². The van der Waals surface area contributed by atoms with Gasteiger partial charge < -0.3 is 20.6 Å². The molecule has 2 heterocycles. The molecule has 1 aliphatic rings. The van der Waals surface area contributed by atoms with Crippen LogP contribution in [0.25, 0.3) is 0 Å². The number of non-ortho nitro benzene ring substituents is 1. The number of nitro groups is 1. The first-order valence-electron chi connectivity index (χ1n) is 9.28. The van der Waals surface area contributed by atoms with E-state index >= 15 is 0 Å². The predicted molar refractivity (Wildman–Crippen MR) is 117 cm³/mol. The maximum atomic E-state index is 12.7. The van der Waals surface area contributed by atoms with Crippen LogP contribution in [0.3, 0.4) is 0 Å². The van der Waals surface area contributed by atoms with Crippen LogP contribution in [0, 0.1) is 10.1 Å². The van der Waals surface area contributed by atoms with Crippen molar-refractivity contribution in [1.82, 2.24) is 14.6 Å². The van der Waals surface area contributed by atoms with Gasteiger partial charge in [-0.2, -0.15) is 12.7 Å². The van der Waals surface area contributed by atoms with E-state index in [2.05, 4.69) is 20.3 Å². The lowest BCUT2D eigenvalue weighted by Gasteiger charge is -2.42. The Morgan fingerprint density at radius 3 is 2.54 bits per heavy atom. The van der Waals surface area contributed by atoms with Crippen LogP contribution in [0.2, 0.25) is 0 Å². The highest BCUT2D eigenvalue weighted by Crippen LogP contribution is 2.26. The number of carbonyl (C=O) groups is 3. The quantitative estimate of drug-likeness (QED) is 0.0908. The Morgan fingerprint density at radius 2 is 2.03 bits per heavy atom. The smallest absolute Gasteiger partial charge is 0.363 e. The molecular weight excluding hydrogens is 512 g/mol. The first-order chi connectivity index (χ1) is 16.4. The summed E-state index contributed by atoms with van der Waals surface area (Å²) >= 11 is 0.983. The van der Waals surface area contributed by atoms with E-state index in [4.69, 9.17) is 10.5 Å². The van der Waals surface area contributed by atoms with Crippen molar-refractivity contribution in [1.29, 1.82) is 0 Å². The van der Waals surface area contributed by atoms with Crippen LogP contribution in [0.5, 0.6) is 0 Å². The van der Waals surface area contributed by atoms with E-state index < -0.39 is 57.4 Å². The molecule has 1 aromatic heterocycles. The number of β-lactam (4-membered cyclic amide) rings is 1. The van der Waals surface area contributed by atoms with E-state index in [9.17, 15) is 37.5 Å². The van der Waals surface area contributed by atoms with Crippen molar-refractivity contribution in [2.45, 2.75) is 18.7 Å². The molecule has 18 heteroatoms. The summed E-state index contributed by atoms with van der Waals surface area (Å²) in [5.74, 6) is -3.65. The third-order valence-corrected chi connectivity index (χ3v) is 6.10. The average Bonchev–Trinajstić information content (AvgIpc) is 3.22. The Kier molecular flexibility index (Phi) is 7.27. The van der Waals surface area contributed by atoms with E-state index in [0.717, 1.165) is 30.6 Å². The van der Waals surface area contributed by atoms with E-state index in [1.807, 2.05) is 0 Å². The molecule has 0 bridgehead atoms. The number of nitrogens with two attached hydrogens (primary N) is 1. The maximum absolute atomic E-state index is 12.7. The van der Waals surface area contributed by atoms with Crippen LogP contribution < -0.4 is 11.1 Å². The van der Waals surface area contributed by atoms with Gasteiger partial charge >= 0.3 is 16.3 Å². The summed E-state index contributed by atoms with van der Waals surface area (Å²) in [5, 5.41) is 17.8. The molecule has 4 N–H and O–H groups in total. The van der Waals surface area contributed by atoms with Crippen molar-refractivity contribution >= 4 is 56.0 Å². The summed E-state index contributed by atoms with van der Waals surface area (Å²) in [7, 11) is -4.05. The summed E-state index contributed by atoms with van der Waals surface area (Å²) < 4.78 is 37.4. The van der Waals surface area contributed by atoms with Gasteiger partial charge in [-0.15, -0.1) is 11.3 Å². The third-order valence-electron chi connectivity index (χ3n) is 4.52. The lowest BCUT2D eigenvalue weighted by atomic mass is 9.98. The van der Waals surface area contributed by atoms with Gasteiger partial charge in [-0.05, 0) is 17.7 Å². The predicted octanol–water partition coefficient (Wildman–Crippen LogP) is -0.774. The monoisotopic (exact) mass is 528 g/mol. The number of nitrogens with zero attached hydrogens (tertiary/aromatic N) is 4.